The number of hydrogen-bond acceptors (Lipinski definition) is 4. The van der Waals surface area contributed by atoms with Crippen molar-refractivity contribution in [2.24, 2.45) is 0 Å². The summed E-state index contributed by atoms with van der Waals surface area (Å²) >= 11 is 7.42. The number of aromatic hydroxyl groups is 1. The first-order chi connectivity index (χ1) is 13.9. The molecule has 1 saturated heterocycles. The maximum atomic E-state index is 11.8. The Bertz CT molecular complexity index is 881. The molecule has 0 aliphatic carbocycles. The molecule has 0 spiro atoms. The number of alkyl halides is 1. The third kappa shape index (κ3) is 4.83. The first-order valence-electron chi connectivity index (χ1n) is 10.6. The predicted molar refractivity (Wildman–Crippen MR) is 126 cm³/mol. The average molecular weight is 449 g/mol. The number of carbonyl (C=O) groups is 1. The molecule has 1 amide bonds. The van der Waals surface area contributed by atoms with Crippen LogP contribution in [0.25, 0.3) is 10.6 Å². The van der Waals surface area contributed by atoms with Gasteiger partial charge in [-0.25, -0.2) is 4.98 Å². The van der Waals surface area contributed by atoms with Crippen molar-refractivity contribution in [1.29, 1.82) is 0 Å². The van der Waals surface area contributed by atoms with Crippen LogP contribution in [0.3, 0.4) is 0 Å². The van der Waals surface area contributed by atoms with E-state index in [1.54, 1.807) is 11.3 Å². The van der Waals surface area contributed by atoms with Gasteiger partial charge in [-0.05, 0) is 41.7 Å². The van der Waals surface area contributed by atoms with Gasteiger partial charge in [-0.1, -0.05) is 41.5 Å². The molecule has 1 N–H and O–H groups in total. The highest BCUT2D eigenvalue weighted by Gasteiger charge is 2.28. The number of hydrogen-bond donors (Lipinski definition) is 1. The van der Waals surface area contributed by atoms with Gasteiger partial charge in [-0.15, -0.1) is 22.9 Å². The lowest BCUT2D eigenvalue weighted by molar-refractivity contribution is -0.129. The second-order valence-corrected chi connectivity index (χ2v) is 11.6. The Morgan fingerprint density at radius 1 is 1.13 bits per heavy atom. The number of phenols is 1. The van der Waals surface area contributed by atoms with Crippen molar-refractivity contribution in [3.63, 3.8) is 0 Å². The summed E-state index contributed by atoms with van der Waals surface area (Å²) in [4.78, 5) is 19.7. The van der Waals surface area contributed by atoms with Gasteiger partial charge in [0.05, 0.1) is 0 Å². The molecule has 4 nitrogen and oxygen atoms in total. The van der Waals surface area contributed by atoms with E-state index in [1.165, 1.54) is 4.88 Å². The number of carbonyl (C=O) groups excluding carboxylic acids is 1. The van der Waals surface area contributed by atoms with Crippen molar-refractivity contribution in [1.82, 2.24) is 9.88 Å². The van der Waals surface area contributed by atoms with Crippen LogP contribution in [0.15, 0.2) is 18.3 Å². The molecule has 1 aliphatic heterocycles. The van der Waals surface area contributed by atoms with Crippen LogP contribution in [0.2, 0.25) is 0 Å². The van der Waals surface area contributed by atoms with Crippen LogP contribution >= 0.6 is 22.9 Å². The van der Waals surface area contributed by atoms with E-state index in [-0.39, 0.29) is 22.6 Å². The lowest BCUT2D eigenvalue weighted by Crippen LogP contribution is -2.38. The number of benzene rings is 1. The Labute approximate surface area is 189 Å². The second kappa shape index (κ2) is 8.51. The molecule has 6 heteroatoms. The van der Waals surface area contributed by atoms with Crippen LogP contribution in [-0.4, -0.2) is 39.9 Å². The fourth-order valence-corrected chi connectivity index (χ4v) is 5.25. The van der Waals surface area contributed by atoms with E-state index in [4.69, 9.17) is 16.6 Å². The SMILES string of the molecule is CC(C)(C)c1cc(-c2ncc(C3CCN(C(=O)CCl)CC3)s2)cc(C(C)(C)C)c1O. The summed E-state index contributed by atoms with van der Waals surface area (Å²) in [7, 11) is 0. The molecule has 164 valence electrons. The predicted octanol–water partition coefficient (Wildman–Crippen LogP) is 6.06. The molecule has 30 heavy (non-hydrogen) atoms. The molecule has 3 rings (SSSR count). The van der Waals surface area contributed by atoms with Crippen LogP contribution in [0, 0.1) is 0 Å². The van der Waals surface area contributed by atoms with Crippen molar-refractivity contribution >= 4 is 28.8 Å². The highest BCUT2D eigenvalue weighted by Crippen LogP contribution is 2.43. The van der Waals surface area contributed by atoms with Crippen molar-refractivity contribution in [3.8, 4) is 16.3 Å². The van der Waals surface area contributed by atoms with Crippen LogP contribution < -0.4 is 0 Å². The molecular weight excluding hydrogens is 416 g/mol. The fourth-order valence-electron chi connectivity index (χ4n) is 4.01. The van der Waals surface area contributed by atoms with E-state index in [0.29, 0.717) is 11.7 Å². The monoisotopic (exact) mass is 448 g/mol. The molecule has 0 saturated carbocycles. The number of phenolic OH excluding ortho intramolecular Hbond substituents is 1. The number of halogens is 1. The van der Waals surface area contributed by atoms with E-state index in [9.17, 15) is 9.90 Å². The van der Waals surface area contributed by atoms with Gasteiger partial charge in [0.2, 0.25) is 5.91 Å². The van der Waals surface area contributed by atoms with Gasteiger partial charge in [-0.2, -0.15) is 0 Å². The van der Waals surface area contributed by atoms with Crippen LogP contribution in [-0.2, 0) is 15.6 Å². The third-order valence-electron chi connectivity index (χ3n) is 5.86. The molecule has 0 bridgehead atoms. The quantitative estimate of drug-likeness (QED) is 0.581. The smallest absolute Gasteiger partial charge is 0.237 e. The first-order valence-corrected chi connectivity index (χ1v) is 11.9. The lowest BCUT2D eigenvalue weighted by atomic mass is 9.78. The number of likely N-dealkylation sites (tertiary alicyclic amines) is 1. The molecule has 1 fully saturated rings. The van der Waals surface area contributed by atoms with Crippen LogP contribution in [0.4, 0.5) is 0 Å². The molecule has 1 aliphatic rings. The largest absolute Gasteiger partial charge is 0.507 e. The minimum atomic E-state index is -0.165. The fraction of sp³-hybridized carbons (Fsp3) is 0.583. The highest BCUT2D eigenvalue weighted by atomic mass is 35.5. The molecule has 2 heterocycles. The van der Waals surface area contributed by atoms with E-state index in [0.717, 1.165) is 47.6 Å². The topological polar surface area (TPSA) is 53.4 Å². The minimum Gasteiger partial charge on any atom is -0.507 e. The Balaban J connectivity index is 1.91. The van der Waals surface area contributed by atoms with Crippen LogP contribution in [0.5, 0.6) is 5.75 Å². The highest BCUT2D eigenvalue weighted by molar-refractivity contribution is 7.15. The molecule has 1 aromatic heterocycles. The first kappa shape index (κ1) is 23.1. The lowest BCUT2D eigenvalue weighted by Gasteiger charge is -2.31. The summed E-state index contributed by atoms with van der Waals surface area (Å²) in [6.07, 6.45) is 3.88. The normalized spacial score (nSPS) is 16.2. The Morgan fingerprint density at radius 2 is 1.67 bits per heavy atom. The maximum Gasteiger partial charge on any atom is 0.237 e. The average Bonchev–Trinajstić information content (AvgIpc) is 3.16. The molecule has 0 atom stereocenters. The minimum absolute atomic E-state index is 0.0219. The number of piperidine rings is 1. The van der Waals surface area contributed by atoms with Crippen molar-refractivity contribution in [3.05, 3.63) is 34.3 Å². The van der Waals surface area contributed by atoms with E-state index in [2.05, 4.69) is 53.7 Å². The van der Waals surface area contributed by atoms with E-state index in [1.807, 2.05) is 11.1 Å². The Kier molecular flexibility index (Phi) is 6.54. The number of rotatable bonds is 3. The number of aromatic nitrogens is 1. The van der Waals surface area contributed by atoms with Crippen molar-refractivity contribution in [2.45, 2.75) is 71.1 Å². The van der Waals surface area contributed by atoms with Gasteiger partial charge in [0.1, 0.15) is 16.6 Å². The van der Waals surface area contributed by atoms with Crippen molar-refractivity contribution in [2.75, 3.05) is 19.0 Å². The zero-order chi connectivity index (χ0) is 22.3. The van der Waals surface area contributed by atoms with Gasteiger partial charge in [-0.3, -0.25) is 4.79 Å². The summed E-state index contributed by atoms with van der Waals surface area (Å²) in [5.74, 6) is 0.903. The molecular formula is C24H33ClN2O2S. The van der Waals surface area contributed by atoms with Gasteiger partial charge < -0.3 is 10.0 Å². The zero-order valence-electron chi connectivity index (χ0n) is 18.9. The standard InChI is InChI=1S/C24H33ClN2O2S/c1-23(2,3)17-11-16(12-18(21(17)29)24(4,5)6)22-26-14-19(30-22)15-7-9-27(10-8-15)20(28)13-25/h11-12,14-15,29H,7-10,13H2,1-6H3. The third-order valence-corrected chi connectivity index (χ3v) is 7.30. The summed E-state index contributed by atoms with van der Waals surface area (Å²) in [5.41, 5.74) is 2.64. The van der Waals surface area contributed by atoms with Gasteiger partial charge in [0, 0.05) is 40.9 Å². The molecule has 2 aromatic rings. The zero-order valence-corrected chi connectivity index (χ0v) is 20.5. The summed E-state index contributed by atoms with van der Waals surface area (Å²) < 4.78 is 0. The Morgan fingerprint density at radius 3 is 2.13 bits per heavy atom. The van der Waals surface area contributed by atoms with E-state index >= 15 is 0 Å². The molecule has 0 radical (unpaired) electrons. The van der Waals surface area contributed by atoms with Crippen molar-refractivity contribution < 1.29 is 9.90 Å². The number of thiazole rings is 1. The molecule has 1 aromatic carbocycles. The van der Waals surface area contributed by atoms with Crippen LogP contribution in [0.1, 0.15) is 76.3 Å². The van der Waals surface area contributed by atoms with Gasteiger partial charge in [0.15, 0.2) is 0 Å². The summed E-state index contributed by atoms with van der Waals surface area (Å²) in [6.45, 7) is 14.3. The summed E-state index contributed by atoms with van der Waals surface area (Å²) in [5, 5.41) is 12.0. The Hall–Kier alpha value is -1.59. The summed E-state index contributed by atoms with van der Waals surface area (Å²) in [6, 6.07) is 4.18. The van der Waals surface area contributed by atoms with Gasteiger partial charge >= 0.3 is 0 Å². The molecule has 0 unspecified atom stereocenters. The van der Waals surface area contributed by atoms with Gasteiger partial charge in [0.25, 0.3) is 0 Å². The number of amides is 1. The van der Waals surface area contributed by atoms with E-state index < -0.39 is 0 Å². The number of nitrogens with zero attached hydrogens (tertiary/aromatic N) is 2. The second-order valence-electron chi connectivity index (χ2n) is 10.3. The maximum absolute atomic E-state index is 11.8.